The average molecular weight is 359 g/mol. The third-order valence-electron chi connectivity index (χ3n) is 3.81. The molecule has 0 spiro atoms. The number of thioether (sulfide) groups is 1. The summed E-state index contributed by atoms with van der Waals surface area (Å²) in [4.78, 5) is 13.3. The van der Waals surface area contributed by atoms with Crippen LogP contribution in [0.15, 0.2) is 53.4 Å². The summed E-state index contributed by atoms with van der Waals surface area (Å²) in [6, 6.07) is 15.9. The molecule has 0 aliphatic rings. The van der Waals surface area contributed by atoms with Crippen LogP contribution in [-0.4, -0.2) is 31.9 Å². The zero-order valence-corrected chi connectivity index (χ0v) is 15.8. The first-order valence-electron chi connectivity index (χ1n) is 8.34. The van der Waals surface area contributed by atoms with Crippen molar-refractivity contribution in [2.45, 2.75) is 29.9 Å². The van der Waals surface area contributed by atoms with E-state index >= 15 is 0 Å². The Hall–Kier alpha value is -2.14. The molecule has 1 N–H and O–H groups in total. The van der Waals surface area contributed by atoms with Gasteiger partial charge in [0.05, 0.1) is 19.5 Å². The first kappa shape index (κ1) is 19.2. The predicted molar refractivity (Wildman–Crippen MR) is 103 cm³/mol. The number of carbonyl (C=O) groups is 1. The lowest BCUT2D eigenvalue weighted by molar-refractivity contribution is -0.120. The second-order valence-corrected chi connectivity index (χ2v) is 7.07. The number of nitrogens with one attached hydrogen (secondary N) is 1. The Morgan fingerprint density at radius 1 is 1.08 bits per heavy atom. The Morgan fingerprint density at radius 2 is 1.80 bits per heavy atom. The molecule has 0 aromatic heterocycles. The zero-order chi connectivity index (χ0) is 18.1. The van der Waals surface area contributed by atoms with E-state index in [1.807, 2.05) is 55.5 Å². The van der Waals surface area contributed by atoms with E-state index in [1.54, 1.807) is 26.0 Å². The largest absolute Gasteiger partial charge is 0.493 e. The van der Waals surface area contributed by atoms with E-state index in [4.69, 9.17) is 9.47 Å². The summed E-state index contributed by atoms with van der Waals surface area (Å²) in [6.07, 6.45) is 1.75. The van der Waals surface area contributed by atoms with Gasteiger partial charge in [0.25, 0.3) is 0 Å². The maximum Gasteiger partial charge on any atom is 0.233 e. The van der Waals surface area contributed by atoms with Crippen molar-refractivity contribution >= 4 is 17.7 Å². The molecule has 1 amide bonds. The van der Waals surface area contributed by atoms with Gasteiger partial charge in [0.1, 0.15) is 0 Å². The Morgan fingerprint density at radius 3 is 2.48 bits per heavy atom. The highest BCUT2D eigenvalue weighted by atomic mass is 32.2. The highest BCUT2D eigenvalue weighted by Crippen LogP contribution is 2.28. The molecule has 5 heteroatoms. The van der Waals surface area contributed by atoms with Crippen molar-refractivity contribution in [3.8, 4) is 11.5 Å². The summed E-state index contributed by atoms with van der Waals surface area (Å²) in [5, 5.41) is 2.90. The normalized spacial score (nSPS) is 11.6. The van der Waals surface area contributed by atoms with E-state index in [1.165, 1.54) is 5.56 Å². The molecule has 0 heterocycles. The summed E-state index contributed by atoms with van der Waals surface area (Å²) >= 11 is 1.57. The average Bonchev–Trinajstić information content (AvgIpc) is 2.65. The number of aryl methyl sites for hydroxylation is 1. The van der Waals surface area contributed by atoms with E-state index in [-0.39, 0.29) is 11.2 Å². The van der Waals surface area contributed by atoms with Crippen molar-refractivity contribution in [1.29, 1.82) is 0 Å². The fourth-order valence-electron chi connectivity index (χ4n) is 2.44. The van der Waals surface area contributed by atoms with Gasteiger partial charge in [0.2, 0.25) is 5.91 Å². The molecule has 4 nitrogen and oxygen atoms in total. The molecule has 0 aliphatic carbocycles. The number of benzene rings is 2. The van der Waals surface area contributed by atoms with Gasteiger partial charge in [-0.15, -0.1) is 11.8 Å². The summed E-state index contributed by atoms with van der Waals surface area (Å²) in [6.45, 7) is 2.59. The molecule has 0 aliphatic heterocycles. The van der Waals surface area contributed by atoms with Crippen LogP contribution in [0.5, 0.6) is 11.5 Å². The molecule has 2 aromatic carbocycles. The lowest BCUT2D eigenvalue weighted by atomic mass is 10.1. The second kappa shape index (κ2) is 9.99. The number of carbonyl (C=O) groups excluding carboxylic acids is 1. The zero-order valence-electron chi connectivity index (χ0n) is 15.0. The van der Waals surface area contributed by atoms with Gasteiger partial charge in [0, 0.05) is 11.4 Å². The van der Waals surface area contributed by atoms with Gasteiger partial charge in [-0.3, -0.25) is 4.79 Å². The number of methoxy groups -OCH3 is 2. The van der Waals surface area contributed by atoms with Gasteiger partial charge in [-0.2, -0.15) is 0 Å². The van der Waals surface area contributed by atoms with Crippen LogP contribution in [-0.2, 0) is 11.2 Å². The van der Waals surface area contributed by atoms with Crippen molar-refractivity contribution < 1.29 is 14.3 Å². The van der Waals surface area contributed by atoms with Gasteiger partial charge in [0.15, 0.2) is 11.5 Å². The van der Waals surface area contributed by atoms with Gasteiger partial charge < -0.3 is 14.8 Å². The minimum atomic E-state index is -0.108. The number of hydrogen-bond acceptors (Lipinski definition) is 4. The molecule has 0 saturated heterocycles. The molecular weight excluding hydrogens is 334 g/mol. The molecule has 0 radical (unpaired) electrons. The fourth-order valence-corrected chi connectivity index (χ4v) is 3.35. The monoisotopic (exact) mass is 359 g/mol. The molecule has 25 heavy (non-hydrogen) atoms. The van der Waals surface area contributed by atoms with Crippen LogP contribution in [0.2, 0.25) is 0 Å². The molecule has 1 atom stereocenters. The highest BCUT2D eigenvalue weighted by molar-refractivity contribution is 8.00. The van der Waals surface area contributed by atoms with E-state index in [9.17, 15) is 4.79 Å². The van der Waals surface area contributed by atoms with E-state index in [2.05, 4.69) is 5.32 Å². The van der Waals surface area contributed by atoms with Crippen molar-refractivity contribution in [3.63, 3.8) is 0 Å². The second-order valence-electron chi connectivity index (χ2n) is 5.66. The molecule has 134 valence electrons. The predicted octanol–water partition coefficient (Wildman–Crippen LogP) is 3.93. The molecule has 0 fully saturated rings. The highest BCUT2D eigenvalue weighted by Gasteiger charge is 2.13. The smallest absolute Gasteiger partial charge is 0.233 e. The van der Waals surface area contributed by atoms with Crippen molar-refractivity contribution in [3.05, 3.63) is 54.1 Å². The lowest BCUT2D eigenvalue weighted by Gasteiger charge is -2.12. The molecule has 0 unspecified atom stereocenters. The summed E-state index contributed by atoms with van der Waals surface area (Å²) in [5.41, 5.74) is 1.17. The first-order valence-corrected chi connectivity index (χ1v) is 9.22. The Labute approximate surface area is 153 Å². The third-order valence-corrected chi connectivity index (χ3v) is 4.93. The summed E-state index contributed by atoms with van der Waals surface area (Å²) < 4.78 is 10.6. The lowest BCUT2D eigenvalue weighted by Crippen LogP contribution is -2.31. The Balaban J connectivity index is 1.74. The summed E-state index contributed by atoms with van der Waals surface area (Å²) in [7, 11) is 3.26. The van der Waals surface area contributed by atoms with Crippen LogP contribution in [0, 0.1) is 0 Å². The standard InChI is InChI=1S/C20H25NO3S/c1-15(25-17-9-5-4-6-10-17)20(22)21-13-7-8-16-11-12-18(23-2)19(14-16)24-3/h4-6,9-12,14-15H,7-8,13H2,1-3H3,(H,21,22)/t15-/m0/s1. The molecule has 2 aromatic rings. The van der Waals surface area contributed by atoms with Crippen LogP contribution in [0.1, 0.15) is 18.9 Å². The van der Waals surface area contributed by atoms with E-state index in [0.29, 0.717) is 6.54 Å². The van der Waals surface area contributed by atoms with Crippen LogP contribution >= 0.6 is 11.8 Å². The number of hydrogen-bond donors (Lipinski definition) is 1. The van der Waals surface area contributed by atoms with Gasteiger partial charge in [-0.05, 0) is 49.6 Å². The molecular formula is C20H25NO3S. The van der Waals surface area contributed by atoms with Gasteiger partial charge >= 0.3 is 0 Å². The fraction of sp³-hybridized carbons (Fsp3) is 0.350. The van der Waals surface area contributed by atoms with Gasteiger partial charge in [-0.25, -0.2) is 0 Å². The minimum absolute atomic E-state index is 0.0705. The quantitative estimate of drug-likeness (QED) is 0.544. The SMILES string of the molecule is COc1ccc(CCCNC(=O)[C@H](C)Sc2ccccc2)cc1OC. The van der Waals surface area contributed by atoms with Crippen molar-refractivity contribution in [1.82, 2.24) is 5.32 Å². The topological polar surface area (TPSA) is 47.6 Å². The maximum absolute atomic E-state index is 12.2. The first-order chi connectivity index (χ1) is 12.1. The van der Waals surface area contributed by atoms with E-state index in [0.717, 1.165) is 29.2 Å². The van der Waals surface area contributed by atoms with Gasteiger partial charge in [-0.1, -0.05) is 24.3 Å². The molecule has 2 rings (SSSR count). The van der Waals surface area contributed by atoms with Crippen molar-refractivity contribution in [2.75, 3.05) is 20.8 Å². The minimum Gasteiger partial charge on any atom is -0.493 e. The molecule has 0 saturated carbocycles. The summed E-state index contributed by atoms with van der Waals surface area (Å²) in [5.74, 6) is 1.53. The van der Waals surface area contributed by atoms with Crippen LogP contribution in [0.4, 0.5) is 0 Å². The van der Waals surface area contributed by atoms with Crippen molar-refractivity contribution in [2.24, 2.45) is 0 Å². The number of rotatable bonds is 9. The maximum atomic E-state index is 12.2. The Kier molecular flexibility index (Phi) is 7.67. The number of ether oxygens (including phenoxy) is 2. The third kappa shape index (κ3) is 6.02. The number of amides is 1. The van der Waals surface area contributed by atoms with Crippen LogP contribution < -0.4 is 14.8 Å². The van der Waals surface area contributed by atoms with E-state index < -0.39 is 0 Å². The van der Waals surface area contributed by atoms with Crippen LogP contribution in [0.25, 0.3) is 0 Å². The van der Waals surface area contributed by atoms with Crippen LogP contribution in [0.3, 0.4) is 0 Å². The molecule has 0 bridgehead atoms. The Bertz CT molecular complexity index is 676.